The van der Waals surface area contributed by atoms with Crippen LogP contribution < -0.4 is 0 Å². The van der Waals surface area contributed by atoms with Crippen LogP contribution in [0.5, 0.6) is 0 Å². The van der Waals surface area contributed by atoms with E-state index in [-0.39, 0.29) is 17.8 Å². The highest BCUT2D eigenvalue weighted by molar-refractivity contribution is 6.08. The molecule has 0 bridgehead atoms. The van der Waals surface area contributed by atoms with Crippen molar-refractivity contribution in [3.8, 4) is 6.07 Å². The molecule has 1 heterocycles. The highest BCUT2D eigenvalue weighted by Gasteiger charge is 2.17. The van der Waals surface area contributed by atoms with Gasteiger partial charge in [-0.1, -0.05) is 36.4 Å². The number of benzene rings is 3. The number of aromatic nitrogens is 1. The number of aryl methyl sites for hydroxylation is 1. The Balaban J connectivity index is 1.85. The summed E-state index contributed by atoms with van der Waals surface area (Å²) in [6.45, 7) is 2.46. The number of hydrogen-bond acceptors (Lipinski definition) is 2. The van der Waals surface area contributed by atoms with Crippen LogP contribution in [0.1, 0.15) is 27.9 Å². The molecular formula is C23H17FN2O. The molecule has 27 heavy (non-hydrogen) atoms. The van der Waals surface area contributed by atoms with Gasteiger partial charge in [-0.25, -0.2) is 4.39 Å². The summed E-state index contributed by atoms with van der Waals surface area (Å²) in [7, 11) is 0. The molecule has 0 saturated carbocycles. The van der Waals surface area contributed by atoms with Gasteiger partial charge >= 0.3 is 0 Å². The Morgan fingerprint density at radius 1 is 1.11 bits per heavy atom. The standard InChI is InChI=1S/C23H17FN2O/c1-15-13-26(14-16-6-7-17-4-2-3-5-18(17)10-16)23-20(15)11-19(24)12-21(23)22(27)8-9-25/h2-7,10-13H,8,14H2,1H3. The van der Waals surface area contributed by atoms with Crippen molar-refractivity contribution in [1.82, 2.24) is 4.57 Å². The maximum absolute atomic E-state index is 14.0. The second-order valence-electron chi connectivity index (χ2n) is 6.73. The molecule has 0 saturated heterocycles. The predicted octanol–water partition coefficient (Wildman–Crippen LogP) is 5.39. The molecule has 4 heteroatoms. The van der Waals surface area contributed by atoms with E-state index in [2.05, 4.69) is 30.3 Å². The fourth-order valence-electron chi connectivity index (χ4n) is 3.62. The summed E-state index contributed by atoms with van der Waals surface area (Å²) in [4.78, 5) is 12.4. The minimum Gasteiger partial charge on any atom is -0.342 e. The van der Waals surface area contributed by atoms with E-state index in [4.69, 9.17) is 5.26 Å². The molecule has 3 aromatic carbocycles. The normalized spacial score (nSPS) is 11.0. The third kappa shape index (κ3) is 3.09. The van der Waals surface area contributed by atoms with Crippen molar-refractivity contribution in [2.45, 2.75) is 19.9 Å². The number of halogens is 1. The molecule has 0 radical (unpaired) electrons. The van der Waals surface area contributed by atoms with Crippen LogP contribution in [0.4, 0.5) is 4.39 Å². The molecule has 0 atom stereocenters. The van der Waals surface area contributed by atoms with Gasteiger partial charge in [-0.15, -0.1) is 0 Å². The summed E-state index contributed by atoms with van der Waals surface area (Å²) in [5, 5.41) is 11.9. The summed E-state index contributed by atoms with van der Waals surface area (Å²) >= 11 is 0. The van der Waals surface area contributed by atoms with Crippen LogP contribution in [-0.4, -0.2) is 10.4 Å². The van der Waals surface area contributed by atoms with Crippen molar-refractivity contribution in [3.05, 3.63) is 83.3 Å². The molecule has 4 aromatic rings. The van der Waals surface area contributed by atoms with Crippen molar-refractivity contribution >= 4 is 27.5 Å². The van der Waals surface area contributed by atoms with Crippen LogP contribution in [0.15, 0.2) is 60.8 Å². The summed E-state index contributed by atoms with van der Waals surface area (Å²) in [5.41, 5.74) is 2.94. The SMILES string of the molecule is Cc1cn(Cc2ccc3ccccc3c2)c2c(C(=O)CC#N)cc(F)cc12. The maximum Gasteiger partial charge on any atom is 0.179 e. The van der Waals surface area contributed by atoms with Crippen LogP contribution in [0.25, 0.3) is 21.7 Å². The molecule has 0 aliphatic heterocycles. The van der Waals surface area contributed by atoms with Crippen LogP contribution in [-0.2, 0) is 6.54 Å². The van der Waals surface area contributed by atoms with Crippen LogP contribution in [0, 0.1) is 24.1 Å². The lowest BCUT2D eigenvalue weighted by Crippen LogP contribution is -2.05. The third-order valence-corrected chi connectivity index (χ3v) is 4.84. The second kappa shape index (κ2) is 6.69. The first kappa shape index (κ1) is 17.0. The third-order valence-electron chi connectivity index (χ3n) is 4.84. The topological polar surface area (TPSA) is 45.8 Å². The van der Waals surface area contributed by atoms with E-state index in [1.54, 1.807) is 0 Å². The fourth-order valence-corrected chi connectivity index (χ4v) is 3.62. The molecule has 4 rings (SSSR count). The smallest absolute Gasteiger partial charge is 0.179 e. The highest BCUT2D eigenvalue weighted by atomic mass is 19.1. The average Bonchev–Trinajstić information content (AvgIpc) is 2.96. The number of ketones is 1. The van der Waals surface area contributed by atoms with Crippen molar-refractivity contribution in [2.24, 2.45) is 0 Å². The molecular weight excluding hydrogens is 339 g/mol. The number of hydrogen-bond donors (Lipinski definition) is 0. The number of nitriles is 1. The van der Waals surface area contributed by atoms with E-state index in [0.717, 1.165) is 16.5 Å². The Labute approximate surface area is 156 Å². The van der Waals surface area contributed by atoms with Crippen molar-refractivity contribution < 1.29 is 9.18 Å². The van der Waals surface area contributed by atoms with Crippen molar-refractivity contribution in [1.29, 1.82) is 5.26 Å². The monoisotopic (exact) mass is 356 g/mol. The molecule has 3 nitrogen and oxygen atoms in total. The number of nitrogens with zero attached hydrogens (tertiary/aromatic N) is 2. The Kier molecular flexibility index (Phi) is 4.21. The van der Waals surface area contributed by atoms with Gasteiger partial charge in [0.05, 0.1) is 18.0 Å². The van der Waals surface area contributed by atoms with Gasteiger partial charge in [0.1, 0.15) is 5.82 Å². The molecule has 0 spiro atoms. The average molecular weight is 356 g/mol. The zero-order valence-electron chi connectivity index (χ0n) is 14.9. The first-order valence-electron chi connectivity index (χ1n) is 8.73. The Bertz CT molecular complexity index is 1230. The van der Waals surface area contributed by atoms with Crippen LogP contribution >= 0.6 is 0 Å². The van der Waals surface area contributed by atoms with Crippen LogP contribution in [0.3, 0.4) is 0 Å². The summed E-state index contributed by atoms with van der Waals surface area (Å²) in [6, 6.07) is 18.9. The van der Waals surface area contributed by atoms with Gasteiger partial charge in [-0.05, 0) is 47.0 Å². The Morgan fingerprint density at radius 3 is 2.67 bits per heavy atom. The van der Waals surface area contributed by atoms with Gasteiger partial charge in [0.15, 0.2) is 5.78 Å². The number of fused-ring (bicyclic) bond motifs is 2. The number of carbonyl (C=O) groups excluding carboxylic acids is 1. The lowest BCUT2D eigenvalue weighted by atomic mass is 10.0. The fraction of sp³-hybridized carbons (Fsp3) is 0.130. The van der Waals surface area contributed by atoms with Gasteiger partial charge < -0.3 is 4.57 Å². The van der Waals surface area contributed by atoms with Gasteiger partial charge in [-0.2, -0.15) is 5.26 Å². The second-order valence-corrected chi connectivity index (χ2v) is 6.73. The molecule has 0 N–H and O–H groups in total. The van der Waals surface area contributed by atoms with E-state index in [1.807, 2.05) is 35.9 Å². The quantitative estimate of drug-likeness (QED) is 0.460. The first-order chi connectivity index (χ1) is 13.1. The van der Waals surface area contributed by atoms with E-state index < -0.39 is 5.82 Å². The van der Waals surface area contributed by atoms with Crippen molar-refractivity contribution in [2.75, 3.05) is 0 Å². The molecule has 0 aliphatic carbocycles. The van der Waals surface area contributed by atoms with Gasteiger partial charge in [0, 0.05) is 23.7 Å². The Morgan fingerprint density at radius 2 is 1.89 bits per heavy atom. The molecule has 0 amide bonds. The maximum atomic E-state index is 14.0. The lowest BCUT2D eigenvalue weighted by Gasteiger charge is -2.10. The van der Waals surface area contributed by atoms with E-state index in [0.29, 0.717) is 17.4 Å². The lowest BCUT2D eigenvalue weighted by molar-refractivity contribution is 0.0998. The van der Waals surface area contributed by atoms with E-state index >= 15 is 0 Å². The summed E-state index contributed by atoms with van der Waals surface area (Å²) < 4.78 is 16.0. The number of Topliss-reactive ketones (excluding diaryl/α,β-unsaturated/α-hetero) is 1. The minimum atomic E-state index is -0.463. The molecule has 132 valence electrons. The number of rotatable bonds is 4. The predicted molar refractivity (Wildman–Crippen MR) is 104 cm³/mol. The van der Waals surface area contributed by atoms with E-state index in [1.165, 1.54) is 17.5 Å². The largest absolute Gasteiger partial charge is 0.342 e. The van der Waals surface area contributed by atoms with E-state index in [9.17, 15) is 9.18 Å². The van der Waals surface area contributed by atoms with Crippen molar-refractivity contribution in [3.63, 3.8) is 0 Å². The van der Waals surface area contributed by atoms with Gasteiger partial charge in [0.25, 0.3) is 0 Å². The first-order valence-corrected chi connectivity index (χ1v) is 8.73. The van der Waals surface area contributed by atoms with Gasteiger partial charge in [-0.3, -0.25) is 4.79 Å². The van der Waals surface area contributed by atoms with Crippen LogP contribution in [0.2, 0.25) is 0 Å². The Hall–Kier alpha value is -3.45. The molecule has 0 unspecified atom stereocenters. The molecule has 1 aromatic heterocycles. The van der Waals surface area contributed by atoms with Gasteiger partial charge in [0.2, 0.25) is 0 Å². The number of carbonyl (C=O) groups is 1. The minimum absolute atomic E-state index is 0.264. The summed E-state index contributed by atoms with van der Waals surface area (Å²) in [5.74, 6) is -0.824. The zero-order chi connectivity index (χ0) is 19.0. The summed E-state index contributed by atoms with van der Waals surface area (Å²) in [6.07, 6.45) is 1.67. The highest BCUT2D eigenvalue weighted by Crippen LogP contribution is 2.28. The zero-order valence-corrected chi connectivity index (χ0v) is 14.9. The molecule has 0 fully saturated rings. The molecule has 0 aliphatic rings.